The highest BCUT2D eigenvalue weighted by atomic mass is 16.3. The summed E-state index contributed by atoms with van der Waals surface area (Å²) in [5, 5.41) is 58.8. The van der Waals surface area contributed by atoms with Crippen LogP contribution < -0.4 is 0 Å². The summed E-state index contributed by atoms with van der Waals surface area (Å²) in [6.45, 7) is 9.51. The Kier molecular flexibility index (Phi) is 30.7. The minimum Gasteiger partial charge on any atom is -0.494 e. The average Bonchev–Trinajstić information content (AvgIpc) is 1.68. The van der Waals surface area contributed by atoms with Gasteiger partial charge in [-0.05, 0) is 181 Å². The smallest absolute Gasteiger partial charge is 0.198 e. The van der Waals surface area contributed by atoms with Crippen molar-refractivity contribution < 1.29 is 39.6 Å². The molecule has 14 aromatic rings. The summed E-state index contributed by atoms with van der Waals surface area (Å²) in [6.07, 6.45) is 25.8. The number of Topliss-reactive ketones (excluding diaryl/α,β-unsaturated/α-hetero) is 4. The Morgan fingerprint density at radius 3 is 0.905 bits per heavy atom. The summed E-state index contributed by atoms with van der Waals surface area (Å²) in [4.78, 5) is 93.7. The summed E-state index contributed by atoms with van der Waals surface area (Å²) in [5.74, 6) is 3.28. The fourth-order valence-electron chi connectivity index (χ4n) is 14.9. The summed E-state index contributed by atoms with van der Waals surface area (Å²) in [5.41, 5.74) is 22.2. The molecule has 24 heteroatoms. The molecule has 0 amide bonds. The van der Waals surface area contributed by atoms with E-state index >= 15 is 0 Å². The van der Waals surface area contributed by atoms with Crippen LogP contribution in [0.4, 0.5) is 11.6 Å². The molecule has 0 unspecified atom stereocenters. The second-order valence-electron chi connectivity index (χ2n) is 30.4. The summed E-state index contributed by atoms with van der Waals surface area (Å²) < 4.78 is 0. The van der Waals surface area contributed by atoms with E-state index in [0.29, 0.717) is 115 Å². The Hall–Kier alpha value is -15.5. The second kappa shape index (κ2) is 42.4. The molecule has 126 heavy (non-hydrogen) atoms. The van der Waals surface area contributed by atoms with Crippen molar-refractivity contribution >= 4 is 127 Å². The molecule has 10 heterocycles. The van der Waals surface area contributed by atoms with Crippen molar-refractivity contribution in [2.75, 3.05) is 26.2 Å². The summed E-state index contributed by atoms with van der Waals surface area (Å²) in [6, 6.07) is 60.3. The molecule has 0 saturated heterocycles. The predicted molar refractivity (Wildman–Crippen MR) is 512 cm³/mol. The van der Waals surface area contributed by atoms with Gasteiger partial charge in [0, 0.05) is 141 Å². The van der Waals surface area contributed by atoms with E-state index < -0.39 is 0 Å². The van der Waals surface area contributed by atoms with E-state index in [1.807, 2.05) is 159 Å². The van der Waals surface area contributed by atoms with Gasteiger partial charge in [0.05, 0.1) is 48.4 Å². The van der Waals surface area contributed by atoms with Crippen LogP contribution in [0.15, 0.2) is 270 Å². The Bertz CT molecular complexity index is 6750. The normalized spacial score (nSPS) is 13.0. The van der Waals surface area contributed by atoms with Gasteiger partial charge in [-0.2, -0.15) is 10.2 Å². The van der Waals surface area contributed by atoms with E-state index in [1.165, 1.54) is 0 Å². The summed E-state index contributed by atoms with van der Waals surface area (Å²) >= 11 is 0. The van der Waals surface area contributed by atoms with Crippen molar-refractivity contribution in [3.8, 4) is 23.5 Å². The first-order valence-corrected chi connectivity index (χ1v) is 40.0. The van der Waals surface area contributed by atoms with Crippen molar-refractivity contribution in [2.24, 2.45) is 39.9 Å². The lowest BCUT2D eigenvalue weighted by molar-refractivity contribution is -0.117. The van der Waals surface area contributed by atoms with Crippen LogP contribution >= 0.6 is 0 Å². The number of aromatic nitrogens is 8. The van der Waals surface area contributed by atoms with E-state index in [9.17, 15) is 39.6 Å². The number of aromatic hydroxyl groups is 4. The second-order valence-corrected chi connectivity index (χ2v) is 30.4. The van der Waals surface area contributed by atoms with Gasteiger partial charge in [-0.25, -0.2) is 20.0 Å². The molecule has 0 saturated carbocycles. The number of benzene rings is 8. The third kappa shape index (κ3) is 23.6. The van der Waals surface area contributed by atoms with Gasteiger partial charge in [0.15, 0.2) is 46.7 Å². The third-order valence-electron chi connectivity index (χ3n) is 20.6. The van der Waals surface area contributed by atoms with Crippen molar-refractivity contribution in [1.29, 1.82) is 0 Å². The zero-order valence-electron chi connectivity index (χ0n) is 67.6. The number of H-pyrrole nitrogens is 6. The van der Waals surface area contributed by atoms with Gasteiger partial charge in [0.1, 0.15) is 23.2 Å². The summed E-state index contributed by atoms with van der Waals surface area (Å²) in [7, 11) is 0. The average molecular weight is 1680 g/mol. The van der Waals surface area contributed by atoms with E-state index in [-0.39, 0.29) is 76.4 Å². The maximum Gasteiger partial charge on any atom is 0.198 e. The van der Waals surface area contributed by atoms with Crippen LogP contribution in [0.2, 0.25) is 0 Å². The van der Waals surface area contributed by atoms with Crippen molar-refractivity contribution in [3.05, 3.63) is 330 Å². The number of aromatic amines is 6. The Labute approximate surface area is 731 Å². The van der Waals surface area contributed by atoms with Crippen LogP contribution in [0, 0.1) is 13.8 Å². The highest BCUT2D eigenvalue weighted by Crippen LogP contribution is 2.34. The Morgan fingerprint density at radius 1 is 0.357 bits per heavy atom. The van der Waals surface area contributed by atoms with Gasteiger partial charge in [0.25, 0.3) is 0 Å². The molecular weight excluding hydrogens is 1580 g/mol. The van der Waals surface area contributed by atoms with Crippen molar-refractivity contribution in [3.63, 3.8) is 0 Å². The van der Waals surface area contributed by atoms with E-state index in [2.05, 4.69) is 153 Å². The third-order valence-corrected chi connectivity index (χ3v) is 20.6. The molecule has 0 bridgehead atoms. The topological polar surface area (TPSA) is 369 Å². The van der Waals surface area contributed by atoms with Crippen LogP contribution in [0.1, 0.15) is 144 Å². The number of carbonyl (C=O) groups is 4. The lowest BCUT2D eigenvalue weighted by atomic mass is 9.98. The molecule has 24 nitrogen and oxygen atoms in total. The predicted octanol–water partition coefficient (Wildman–Crippen LogP) is 19.2. The monoisotopic (exact) mass is 1680 g/mol. The number of aryl methyl sites for hydroxylation is 2. The standard InChI is InChI=1S/C26H23N5O2.C26H22N4O2.C23H22N4O2.C23H21N3O2.4CH4/c1-16-9-25(31-30-16)28-15-22-21-12-19(5-6-23(21)29-26(22)33)11-17-3-2-4-18(10-17)13-24(32)20-7-8-27-14-20;31-24(20-8-10-27-15-20)14-18-4-1-3-17(11-18)12-19-6-7-23-21(13-19)22(26(32)30-23)16-29-25-5-2-9-28-25;1-14-8-22(27-26-14)24-13-20-19-12-18(6-7-21(19)25-23(20)29)11-17-5-3-4-16(10-17)9-15(2)28;1-15(27)10-16-4-2-5-17(11-16)12-18-7-8-21-19(13-18)20(23(28)26-21)14-25-22-6-3-9-24-22;;;;/h2-7,9-10,12,14-15,29,33H,8,11,13H2,1H3,(H,30,31);1-8,11,13,15-16,30,32H,9-10,12,14H2;3-8,10,12-13,25,29H,9,11H2,1-2H3,(H,26,27);2-8,11,13-14,26,28H,9-10,12H2,1H3;4*1H4. The van der Waals surface area contributed by atoms with Gasteiger partial charge in [-0.3, -0.25) is 49.3 Å². The van der Waals surface area contributed by atoms with E-state index in [1.54, 1.807) is 51.1 Å². The molecular formula is C102H104N16O8. The first-order chi connectivity index (χ1) is 59.3. The van der Waals surface area contributed by atoms with Gasteiger partial charge < -0.3 is 40.4 Å². The number of rotatable bonds is 24. The van der Waals surface area contributed by atoms with Gasteiger partial charge in [0.2, 0.25) is 0 Å². The van der Waals surface area contributed by atoms with Crippen molar-refractivity contribution in [1.82, 2.24) is 40.3 Å². The SMILES string of the molecule is C.C.C.C.CC(=O)Cc1cccc(Cc2ccc3[nH]c(O)c(C=NC4=NCC=C4)c3c2)c1.CC(=O)Cc1cccc(Cc2ccc3[nH]c(O)c(C=Nc4cc(C)[nH]n4)c3c2)c1.Cc1cc(N=Cc2c(O)[nH]c3ccc(Cc4cccc(CC(=O)C5=CCN=C5)c4)cc23)n[nH]1.O=C(Cc1cccc(Cc2ccc3[nH]c(O)c(C=NC4=NCC=C4)c3c2)c1)C1=CCN=C1. The maximum atomic E-state index is 12.4. The number of aliphatic imine (C=N–C) groups is 8. The quantitative estimate of drug-likeness (QED) is 0.0255. The molecule has 0 aliphatic carbocycles. The van der Waals surface area contributed by atoms with Crippen LogP contribution in [-0.2, 0) is 70.5 Å². The number of hydrogen-bond donors (Lipinski definition) is 10. The Balaban J connectivity index is 0.000000162. The minimum atomic E-state index is 0. The van der Waals surface area contributed by atoms with Gasteiger partial charge >= 0.3 is 0 Å². The molecule has 640 valence electrons. The molecule has 0 atom stereocenters. The zero-order chi connectivity index (χ0) is 84.6. The molecule has 4 aliphatic rings. The van der Waals surface area contributed by atoms with E-state index in [0.717, 1.165) is 141 Å². The maximum absolute atomic E-state index is 12.4. The van der Waals surface area contributed by atoms with Crippen LogP contribution in [-0.4, -0.2) is 159 Å². The van der Waals surface area contributed by atoms with Crippen LogP contribution in [0.3, 0.4) is 0 Å². The molecule has 0 spiro atoms. The molecule has 6 aromatic heterocycles. The van der Waals surface area contributed by atoms with Gasteiger partial charge in [-0.15, -0.1) is 0 Å². The van der Waals surface area contributed by atoms with Gasteiger partial charge in [-0.1, -0.05) is 175 Å². The molecule has 0 fully saturated rings. The van der Waals surface area contributed by atoms with Crippen molar-refractivity contribution in [2.45, 2.75) is 109 Å². The largest absolute Gasteiger partial charge is 0.494 e. The minimum absolute atomic E-state index is 0. The first-order valence-electron chi connectivity index (χ1n) is 40.0. The highest BCUT2D eigenvalue weighted by molar-refractivity contribution is 6.16. The lowest BCUT2D eigenvalue weighted by Crippen LogP contribution is -2.06. The molecule has 0 radical (unpaired) electrons. The number of carbonyl (C=O) groups excluding carboxylic acids is 4. The fourth-order valence-corrected chi connectivity index (χ4v) is 14.9. The molecule has 18 rings (SSSR count). The van der Waals surface area contributed by atoms with E-state index in [4.69, 9.17) is 0 Å². The highest BCUT2D eigenvalue weighted by Gasteiger charge is 2.19. The number of amidine groups is 2. The Morgan fingerprint density at radius 2 is 0.643 bits per heavy atom. The number of fused-ring (bicyclic) bond motifs is 4. The van der Waals surface area contributed by atoms with Crippen LogP contribution in [0.5, 0.6) is 23.5 Å². The fraction of sp³-hybridized carbons (Fsp3) is 0.196. The molecule has 10 N–H and O–H groups in total. The number of hydrogen-bond acceptors (Lipinski definition) is 18. The number of ketones is 4. The molecule has 8 aromatic carbocycles. The zero-order valence-corrected chi connectivity index (χ0v) is 67.6. The lowest BCUT2D eigenvalue weighted by Gasteiger charge is -2.06. The number of nitrogens with one attached hydrogen (secondary N) is 6. The number of allylic oxidation sites excluding steroid dienone is 2. The molecule has 4 aliphatic heterocycles. The van der Waals surface area contributed by atoms with Crippen LogP contribution in [0.25, 0.3) is 43.6 Å². The number of nitrogens with zero attached hydrogens (tertiary/aromatic N) is 10. The first kappa shape index (κ1) is 91.3.